The minimum absolute atomic E-state index is 0.0799. The average molecular weight is 342 g/mol. The van der Waals surface area contributed by atoms with Gasteiger partial charge in [0.25, 0.3) is 0 Å². The van der Waals surface area contributed by atoms with Gasteiger partial charge in [0.15, 0.2) is 11.5 Å². The lowest BCUT2D eigenvalue weighted by Gasteiger charge is -2.19. The van der Waals surface area contributed by atoms with E-state index in [-0.39, 0.29) is 6.03 Å². The molecule has 0 aliphatic rings. The Labute approximate surface area is 149 Å². The quantitative estimate of drug-likeness (QED) is 0.839. The van der Waals surface area contributed by atoms with Gasteiger partial charge in [-0.3, -0.25) is 0 Å². The molecule has 25 heavy (non-hydrogen) atoms. The van der Waals surface area contributed by atoms with Crippen LogP contribution in [0.15, 0.2) is 42.5 Å². The van der Waals surface area contributed by atoms with E-state index in [0.29, 0.717) is 24.6 Å². The number of ether oxygens (including phenoxy) is 2. The molecule has 0 atom stereocenters. The first kappa shape index (κ1) is 18.6. The van der Waals surface area contributed by atoms with Gasteiger partial charge in [0, 0.05) is 20.1 Å². The molecule has 0 saturated carbocycles. The zero-order valence-corrected chi connectivity index (χ0v) is 15.3. The van der Waals surface area contributed by atoms with Crippen molar-refractivity contribution in [2.45, 2.75) is 19.9 Å². The normalized spacial score (nSPS) is 10.2. The highest BCUT2D eigenvalue weighted by Crippen LogP contribution is 2.27. The fraction of sp³-hybridized carbons (Fsp3) is 0.350. The summed E-state index contributed by atoms with van der Waals surface area (Å²) in [6.07, 6.45) is 0.726. The summed E-state index contributed by atoms with van der Waals surface area (Å²) in [4.78, 5) is 13.9. The third-order valence-electron chi connectivity index (χ3n) is 4.15. The molecule has 5 heteroatoms. The summed E-state index contributed by atoms with van der Waals surface area (Å²) in [5.41, 5.74) is 3.42. The minimum atomic E-state index is -0.0799. The lowest BCUT2D eigenvalue weighted by atomic mass is 10.1. The molecule has 0 spiro atoms. The van der Waals surface area contributed by atoms with Crippen molar-refractivity contribution >= 4 is 6.03 Å². The Hall–Kier alpha value is -2.69. The summed E-state index contributed by atoms with van der Waals surface area (Å²) in [5, 5.41) is 2.95. The van der Waals surface area contributed by atoms with E-state index in [1.54, 1.807) is 26.2 Å². The number of hydrogen-bond donors (Lipinski definition) is 1. The fourth-order valence-corrected chi connectivity index (χ4v) is 2.60. The standard InChI is InChI=1S/C20H26N2O3/c1-15-7-5-6-8-17(15)14-22(2)20(23)21-12-11-16-9-10-18(24-3)19(13-16)25-4/h5-10,13H,11-12,14H2,1-4H3,(H,21,23). The number of nitrogens with zero attached hydrogens (tertiary/aromatic N) is 1. The van der Waals surface area contributed by atoms with E-state index in [0.717, 1.165) is 17.5 Å². The van der Waals surface area contributed by atoms with E-state index in [4.69, 9.17) is 9.47 Å². The van der Waals surface area contributed by atoms with E-state index in [9.17, 15) is 4.79 Å². The Kier molecular flexibility index (Phi) is 6.69. The summed E-state index contributed by atoms with van der Waals surface area (Å²) >= 11 is 0. The van der Waals surface area contributed by atoms with Crippen LogP contribution in [0.25, 0.3) is 0 Å². The highest BCUT2D eigenvalue weighted by molar-refractivity contribution is 5.73. The molecular weight excluding hydrogens is 316 g/mol. The van der Waals surface area contributed by atoms with Crippen LogP contribution in [-0.2, 0) is 13.0 Å². The van der Waals surface area contributed by atoms with Crippen LogP contribution in [0.4, 0.5) is 4.79 Å². The number of urea groups is 1. The molecule has 0 unspecified atom stereocenters. The van der Waals surface area contributed by atoms with Crippen LogP contribution in [0, 0.1) is 6.92 Å². The largest absolute Gasteiger partial charge is 0.493 e. The highest BCUT2D eigenvalue weighted by atomic mass is 16.5. The van der Waals surface area contributed by atoms with Gasteiger partial charge in [-0.05, 0) is 42.2 Å². The van der Waals surface area contributed by atoms with Crippen LogP contribution < -0.4 is 14.8 Å². The molecule has 0 radical (unpaired) electrons. The second-order valence-corrected chi connectivity index (χ2v) is 5.95. The molecule has 0 aromatic heterocycles. The van der Waals surface area contributed by atoms with Crippen molar-refractivity contribution in [3.8, 4) is 11.5 Å². The van der Waals surface area contributed by atoms with Gasteiger partial charge in [-0.1, -0.05) is 30.3 Å². The molecule has 134 valence electrons. The Morgan fingerprint density at radius 1 is 1.08 bits per heavy atom. The summed E-state index contributed by atoms with van der Waals surface area (Å²) in [7, 11) is 5.03. The van der Waals surface area contributed by atoms with Crippen molar-refractivity contribution in [3.05, 3.63) is 59.2 Å². The lowest BCUT2D eigenvalue weighted by Crippen LogP contribution is -2.37. The van der Waals surface area contributed by atoms with Crippen molar-refractivity contribution in [3.63, 3.8) is 0 Å². The number of amides is 2. The highest BCUT2D eigenvalue weighted by Gasteiger charge is 2.10. The van der Waals surface area contributed by atoms with E-state index in [2.05, 4.69) is 18.3 Å². The first-order chi connectivity index (χ1) is 12.0. The van der Waals surface area contributed by atoms with Crippen LogP contribution in [0.3, 0.4) is 0 Å². The Bertz CT molecular complexity index is 716. The molecule has 0 saturated heterocycles. The number of benzene rings is 2. The number of aryl methyl sites for hydroxylation is 1. The van der Waals surface area contributed by atoms with Crippen LogP contribution in [0.5, 0.6) is 11.5 Å². The van der Waals surface area contributed by atoms with Gasteiger partial charge in [-0.2, -0.15) is 0 Å². The molecule has 2 amide bonds. The first-order valence-electron chi connectivity index (χ1n) is 8.29. The second kappa shape index (κ2) is 8.97. The lowest BCUT2D eigenvalue weighted by molar-refractivity contribution is 0.207. The second-order valence-electron chi connectivity index (χ2n) is 5.95. The number of nitrogens with one attached hydrogen (secondary N) is 1. The topological polar surface area (TPSA) is 50.8 Å². The number of rotatable bonds is 7. The molecule has 5 nitrogen and oxygen atoms in total. The molecule has 2 aromatic carbocycles. The maximum absolute atomic E-state index is 12.2. The van der Waals surface area contributed by atoms with Crippen molar-refractivity contribution in [1.82, 2.24) is 10.2 Å². The van der Waals surface area contributed by atoms with Crippen molar-refractivity contribution in [2.75, 3.05) is 27.8 Å². The molecule has 0 fully saturated rings. The van der Waals surface area contributed by atoms with E-state index >= 15 is 0 Å². The molecule has 0 aliphatic carbocycles. The van der Waals surface area contributed by atoms with E-state index < -0.39 is 0 Å². The van der Waals surface area contributed by atoms with Gasteiger partial charge in [-0.15, -0.1) is 0 Å². The van der Waals surface area contributed by atoms with Crippen LogP contribution in [0.1, 0.15) is 16.7 Å². The van der Waals surface area contributed by atoms with Gasteiger partial charge >= 0.3 is 6.03 Å². The summed E-state index contributed by atoms with van der Waals surface area (Å²) in [5.74, 6) is 1.40. The number of carbonyl (C=O) groups excluding carboxylic acids is 1. The fourth-order valence-electron chi connectivity index (χ4n) is 2.60. The van der Waals surface area contributed by atoms with Crippen molar-refractivity contribution < 1.29 is 14.3 Å². The van der Waals surface area contributed by atoms with Gasteiger partial charge in [0.05, 0.1) is 14.2 Å². The van der Waals surface area contributed by atoms with Gasteiger partial charge in [0.1, 0.15) is 0 Å². The van der Waals surface area contributed by atoms with Crippen LogP contribution in [-0.4, -0.2) is 38.7 Å². The van der Waals surface area contributed by atoms with E-state index in [1.165, 1.54) is 5.56 Å². The predicted octanol–water partition coefficient (Wildman–Crippen LogP) is 3.40. The monoisotopic (exact) mass is 342 g/mol. The molecule has 0 heterocycles. The van der Waals surface area contributed by atoms with Crippen molar-refractivity contribution in [2.24, 2.45) is 0 Å². The Morgan fingerprint density at radius 2 is 1.80 bits per heavy atom. The summed E-state index contributed by atoms with van der Waals surface area (Å²) in [6.45, 7) is 3.21. The molecule has 1 N–H and O–H groups in total. The average Bonchev–Trinajstić information content (AvgIpc) is 2.63. The van der Waals surface area contributed by atoms with Gasteiger partial charge in [0.2, 0.25) is 0 Å². The number of hydrogen-bond acceptors (Lipinski definition) is 3. The van der Waals surface area contributed by atoms with Crippen molar-refractivity contribution in [1.29, 1.82) is 0 Å². The molecule has 0 aliphatic heterocycles. The van der Waals surface area contributed by atoms with Gasteiger partial charge in [-0.25, -0.2) is 4.79 Å². The third-order valence-corrected chi connectivity index (χ3v) is 4.15. The molecule has 2 rings (SSSR count). The molecule has 2 aromatic rings. The predicted molar refractivity (Wildman–Crippen MR) is 99.3 cm³/mol. The van der Waals surface area contributed by atoms with Gasteiger partial charge < -0.3 is 19.7 Å². The Morgan fingerprint density at radius 3 is 2.48 bits per heavy atom. The molecule has 0 bridgehead atoms. The maximum atomic E-state index is 12.2. The summed E-state index contributed by atoms with van der Waals surface area (Å²) in [6, 6.07) is 13.8. The first-order valence-corrected chi connectivity index (χ1v) is 8.29. The zero-order valence-electron chi connectivity index (χ0n) is 15.3. The summed E-state index contributed by atoms with van der Waals surface area (Å²) < 4.78 is 10.5. The Balaban J connectivity index is 1.84. The third kappa shape index (κ3) is 5.14. The molecular formula is C20H26N2O3. The number of methoxy groups -OCH3 is 2. The van der Waals surface area contributed by atoms with Crippen LogP contribution >= 0.6 is 0 Å². The number of carbonyl (C=O) groups is 1. The smallest absolute Gasteiger partial charge is 0.317 e. The maximum Gasteiger partial charge on any atom is 0.317 e. The SMILES string of the molecule is COc1ccc(CCNC(=O)N(C)Cc2ccccc2C)cc1OC. The van der Waals surface area contributed by atoms with Crippen LogP contribution in [0.2, 0.25) is 0 Å². The zero-order chi connectivity index (χ0) is 18.2. The van der Waals surface area contributed by atoms with E-state index in [1.807, 2.05) is 36.4 Å². The minimum Gasteiger partial charge on any atom is -0.493 e.